The average Bonchev–Trinajstić information content (AvgIpc) is 3.25. The molecule has 144 valence electrons. The Hall–Kier alpha value is -2.78. The molecule has 0 aliphatic rings. The zero-order valence-corrected chi connectivity index (χ0v) is 18.1. The van der Waals surface area contributed by atoms with Crippen molar-refractivity contribution in [1.82, 2.24) is 9.97 Å². The van der Waals surface area contributed by atoms with Gasteiger partial charge in [-0.15, -0.1) is 11.3 Å². The predicted octanol–water partition coefficient (Wildman–Crippen LogP) is 5.36. The number of aromatic nitrogens is 2. The minimum absolute atomic E-state index is 0.143. The van der Waals surface area contributed by atoms with E-state index in [0.717, 1.165) is 19.6 Å². The smallest absolute Gasteiger partial charge is 0.230 e. The molecule has 1 amide bonds. The van der Waals surface area contributed by atoms with Gasteiger partial charge in [-0.3, -0.25) is 4.79 Å². The lowest BCUT2D eigenvalue weighted by Crippen LogP contribution is -2.16. The number of nitrogens with one attached hydrogen (secondary N) is 1. The van der Waals surface area contributed by atoms with Gasteiger partial charge in [0.25, 0.3) is 0 Å². The van der Waals surface area contributed by atoms with Gasteiger partial charge in [0.15, 0.2) is 5.82 Å². The van der Waals surface area contributed by atoms with Crippen molar-refractivity contribution in [2.24, 2.45) is 0 Å². The number of benzene rings is 2. The van der Waals surface area contributed by atoms with Gasteiger partial charge >= 0.3 is 0 Å². The molecule has 0 fully saturated rings. The van der Waals surface area contributed by atoms with Crippen molar-refractivity contribution in [3.05, 3.63) is 81.4 Å². The van der Waals surface area contributed by atoms with Crippen LogP contribution in [0, 0.1) is 3.57 Å². The van der Waals surface area contributed by atoms with Crippen molar-refractivity contribution >= 4 is 45.7 Å². The van der Waals surface area contributed by atoms with Gasteiger partial charge in [0.1, 0.15) is 11.4 Å². The van der Waals surface area contributed by atoms with Crippen LogP contribution in [0.15, 0.2) is 72.2 Å². The molecule has 2 aromatic heterocycles. The van der Waals surface area contributed by atoms with Crippen LogP contribution in [0.1, 0.15) is 5.56 Å². The van der Waals surface area contributed by atoms with E-state index < -0.39 is 0 Å². The maximum absolute atomic E-state index is 12.6. The Kier molecular flexibility index (Phi) is 5.86. The highest BCUT2D eigenvalue weighted by molar-refractivity contribution is 14.1. The number of amides is 1. The summed E-state index contributed by atoms with van der Waals surface area (Å²) < 4.78 is 1.13. The first kappa shape index (κ1) is 19.5. The molecule has 2 aromatic carbocycles. The van der Waals surface area contributed by atoms with Gasteiger partial charge in [-0.25, -0.2) is 9.97 Å². The molecule has 0 aliphatic carbocycles. The molecule has 5 nitrogen and oxygen atoms in total. The lowest BCUT2D eigenvalue weighted by atomic mass is 10.1. The fourth-order valence-electron chi connectivity index (χ4n) is 2.80. The second-order valence-electron chi connectivity index (χ2n) is 6.33. The number of hydrogen-bond acceptors (Lipinski definition) is 5. The maximum atomic E-state index is 12.6. The minimum Gasteiger partial charge on any atom is -0.508 e. The van der Waals surface area contributed by atoms with Crippen LogP contribution in [0.3, 0.4) is 0 Å². The van der Waals surface area contributed by atoms with Crippen molar-refractivity contribution in [1.29, 1.82) is 0 Å². The first-order chi connectivity index (χ1) is 14.1. The molecule has 0 unspecified atom stereocenters. The van der Waals surface area contributed by atoms with E-state index in [4.69, 9.17) is 4.98 Å². The predicted molar refractivity (Wildman–Crippen MR) is 124 cm³/mol. The normalized spacial score (nSPS) is 10.7. The van der Waals surface area contributed by atoms with E-state index in [9.17, 15) is 9.90 Å². The molecule has 0 atom stereocenters. The highest BCUT2D eigenvalue weighted by Gasteiger charge is 2.15. The second kappa shape index (κ2) is 8.71. The Morgan fingerprint density at radius 1 is 1.07 bits per heavy atom. The Morgan fingerprint density at radius 2 is 1.83 bits per heavy atom. The van der Waals surface area contributed by atoms with Gasteiger partial charge in [-0.2, -0.15) is 0 Å². The zero-order valence-electron chi connectivity index (χ0n) is 15.2. The molecule has 0 aliphatic heterocycles. The molecule has 0 radical (unpaired) electrons. The van der Waals surface area contributed by atoms with E-state index in [-0.39, 0.29) is 18.1 Å². The van der Waals surface area contributed by atoms with Gasteiger partial charge in [-0.05, 0) is 76.0 Å². The van der Waals surface area contributed by atoms with Gasteiger partial charge in [-0.1, -0.05) is 18.2 Å². The highest BCUT2D eigenvalue weighted by Crippen LogP contribution is 2.31. The summed E-state index contributed by atoms with van der Waals surface area (Å²) in [5.41, 5.74) is 3.07. The summed E-state index contributed by atoms with van der Waals surface area (Å²) in [6.45, 7) is 0. The van der Waals surface area contributed by atoms with Crippen LogP contribution in [-0.4, -0.2) is 21.0 Å². The molecule has 0 saturated heterocycles. The quantitative estimate of drug-likeness (QED) is 0.353. The Labute approximate surface area is 185 Å². The summed E-state index contributed by atoms with van der Waals surface area (Å²) in [5.74, 6) is 0.487. The third kappa shape index (κ3) is 4.80. The van der Waals surface area contributed by atoms with Crippen molar-refractivity contribution in [3.63, 3.8) is 0 Å². The molecule has 4 aromatic rings. The first-order valence-corrected chi connectivity index (χ1v) is 10.8. The van der Waals surface area contributed by atoms with E-state index in [0.29, 0.717) is 17.2 Å². The number of nitrogens with zero attached hydrogens (tertiary/aromatic N) is 2. The van der Waals surface area contributed by atoms with Crippen LogP contribution in [0.4, 0.5) is 5.82 Å². The van der Waals surface area contributed by atoms with Gasteiger partial charge in [0.05, 0.1) is 23.2 Å². The van der Waals surface area contributed by atoms with Crippen LogP contribution in [0.5, 0.6) is 5.75 Å². The van der Waals surface area contributed by atoms with Crippen molar-refractivity contribution in [3.8, 4) is 27.6 Å². The fraction of sp³-hybridized carbons (Fsp3) is 0.0455. The molecular formula is C22H16IN3O2S. The minimum atomic E-state index is -0.143. The maximum Gasteiger partial charge on any atom is 0.230 e. The molecule has 0 saturated carbocycles. The highest BCUT2D eigenvalue weighted by atomic mass is 127. The van der Waals surface area contributed by atoms with Gasteiger partial charge < -0.3 is 10.4 Å². The third-order valence-electron chi connectivity index (χ3n) is 4.23. The zero-order chi connectivity index (χ0) is 20.2. The Balaban J connectivity index is 1.62. The monoisotopic (exact) mass is 513 g/mol. The van der Waals surface area contributed by atoms with Crippen LogP contribution < -0.4 is 5.32 Å². The van der Waals surface area contributed by atoms with Crippen LogP contribution >= 0.6 is 33.9 Å². The lowest BCUT2D eigenvalue weighted by molar-refractivity contribution is -0.115. The summed E-state index contributed by atoms with van der Waals surface area (Å²) in [5, 5.41) is 14.4. The summed E-state index contributed by atoms with van der Waals surface area (Å²) in [6.07, 6.45) is 1.90. The summed E-state index contributed by atoms with van der Waals surface area (Å²) in [6, 6.07) is 18.5. The number of phenolic OH excluding ortho intramolecular Hbond substituents is 1. The number of anilines is 1. The number of thiophene rings is 1. The molecule has 29 heavy (non-hydrogen) atoms. The number of aromatic hydroxyl groups is 1. The SMILES string of the molecule is O=C(Cc1ccc(I)cc1)Nc1ncc(-c2ccc(O)cc2)nc1-c1cccs1. The van der Waals surface area contributed by atoms with E-state index in [1.165, 1.54) is 11.3 Å². The van der Waals surface area contributed by atoms with Crippen molar-refractivity contribution in [2.75, 3.05) is 5.32 Å². The van der Waals surface area contributed by atoms with Crippen LogP contribution in [0.25, 0.3) is 21.8 Å². The van der Waals surface area contributed by atoms with Crippen LogP contribution in [0.2, 0.25) is 0 Å². The topological polar surface area (TPSA) is 75.1 Å². The standard InChI is InChI=1S/C22H16IN3O2S/c23-16-7-3-14(4-8-16)12-20(28)26-22-21(19-2-1-11-29-19)25-18(13-24-22)15-5-9-17(27)10-6-15/h1-11,13,27H,12H2,(H,24,26,28). The largest absolute Gasteiger partial charge is 0.508 e. The molecule has 0 bridgehead atoms. The summed E-state index contributed by atoms with van der Waals surface area (Å²) in [7, 11) is 0. The number of carbonyl (C=O) groups is 1. The number of hydrogen-bond donors (Lipinski definition) is 2. The second-order valence-corrected chi connectivity index (χ2v) is 8.52. The summed E-state index contributed by atoms with van der Waals surface area (Å²) in [4.78, 5) is 22.7. The molecular weight excluding hydrogens is 497 g/mol. The summed E-state index contributed by atoms with van der Waals surface area (Å²) >= 11 is 3.77. The Bertz CT molecular complexity index is 1130. The molecule has 4 rings (SSSR count). The Morgan fingerprint density at radius 3 is 2.52 bits per heavy atom. The van der Waals surface area contributed by atoms with Crippen LogP contribution in [-0.2, 0) is 11.2 Å². The molecule has 2 heterocycles. The van der Waals surface area contributed by atoms with Crippen molar-refractivity contribution < 1.29 is 9.90 Å². The number of rotatable bonds is 5. The lowest BCUT2D eigenvalue weighted by Gasteiger charge is -2.11. The first-order valence-electron chi connectivity index (χ1n) is 8.83. The molecule has 7 heteroatoms. The average molecular weight is 513 g/mol. The van der Waals surface area contributed by atoms with E-state index >= 15 is 0 Å². The van der Waals surface area contributed by atoms with Gasteiger partial charge in [0.2, 0.25) is 5.91 Å². The van der Waals surface area contributed by atoms with Crippen molar-refractivity contribution in [2.45, 2.75) is 6.42 Å². The fourth-order valence-corrected chi connectivity index (χ4v) is 3.88. The van der Waals surface area contributed by atoms with Gasteiger partial charge in [0, 0.05) is 9.13 Å². The number of carbonyl (C=O) groups excluding carboxylic acids is 1. The van der Waals surface area contributed by atoms with E-state index in [2.05, 4.69) is 32.9 Å². The number of halogens is 1. The van der Waals surface area contributed by atoms with E-state index in [1.807, 2.05) is 41.8 Å². The number of phenols is 1. The molecule has 0 spiro atoms. The van der Waals surface area contributed by atoms with E-state index in [1.54, 1.807) is 30.5 Å². The third-order valence-corrected chi connectivity index (χ3v) is 5.82. The molecule has 2 N–H and O–H groups in total.